The van der Waals surface area contributed by atoms with Crippen LogP contribution in [-0.4, -0.2) is 17.4 Å². The van der Waals surface area contributed by atoms with Crippen LogP contribution in [0.25, 0.3) is 11.3 Å². The van der Waals surface area contributed by atoms with Crippen molar-refractivity contribution in [2.45, 2.75) is 12.8 Å². The topological polar surface area (TPSA) is 64.4 Å². The van der Waals surface area contributed by atoms with Gasteiger partial charge in [-0.15, -0.1) is 13.2 Å². The van der Waals surface area contributed by atoms with Crippen LogP contribution >= 0.6 is 0 Å². The molecule has 0 atom stereocenters. The van der Waals surface area contributed by atoms with E-state index in [2.05, 4.69) is 15.2 Å². The number of hydrogen-bond acceptors (Lipinski definition) is 4. The monoisotopic (exact) mass is 362 g/mol. The highest BCUT2D eigenvalue weighted by Crippen LogP contribution is 2.24. The maximum Gasteiger partial charge on any atom is 0.573 e. The summed E-state index contributed by atoms with van der Waals surface area (Å²) in [6, 6.07) is 15.8. The number of benzene rings is 2. The average Bonchev–Trinajstić information content (AvgIpc) is 3.04. The summed E-state index contributed by atoms with van der Waals surface area (Å²) >= 11 is 0. The standard InChI is InChI=1S/C18H13F3N2O3/c19-18(20,21)25-15-8-6-13(7-9-15)22-17(24)11-14-10-16(26-23-14)12-4-2-1-3-5-12/h1-10H,11H2,(H,22,24). The van der Waals surface area contributed by atoms with E-state index in [0.717, 1.165) is 17.7 Å². The molecule has 0 aliphatic heterocycles. The van der Waals surface area contributed by atoms with Crippen LogP contribution in [0.5, 0.6) is 5.75 Å². The van der Waals surface area contributed by atoms with Gasteiger partial charge in [-0.05, 0) is 24.3 Å². The molecular formula is C18H13F3N2O3. The molecule has 8 heteroatoms. The molecule has 2 aromatic carbocycles. The number of amides is 1. The van der Waals surface area contributed by atoms with Crippen molar-refractivity contribution in [3.05, 3.63) is 66.4 Å². The number of alkyl halides is 3. The van der Waals surface area contributed by atoms with Crippen LogP contribution in [0.4, 0.5) is 18.9 Å². The Labute approximate surface area is 146 Å². The van der Waals surface area contributed by atoms with Crippen LogP contribution in [0.2, 0.25) is 0 Å². The van der Waals surface area contributed by atoms with Crippen molar-refractivity contribution in [1.82, 2.24) is 5.16 Å². The second-order valence-corrected chi connectivity index (χ2v) is 5.35. The van der Waals surface area contributed by atoms with Crippen LogP contribution in [0.1, 0.15) is 5.69 Å². The molecule has 1 aromatic heterocycles. The fourth-order valence-corrected chi connectivity index (χ4v) is 2.24. The Bertz CT molecular complexity index is 875. The summed E-state index contributed by atoms with van der Waals surface area (Å²) in [5.41, 5.74) is 1.63. The Morgan fingerprint density at radius 1 is 1.08 bits per heavy atom. The molecule has 0 bridgehead atoms. The van der Waals surface area contributed by atoms with Crippen molar-refractivity contribution in [3.8, 4) is 17.1 Å². The second kappa shape index (κ2) is 7.30. The van der Waals surface area contributed by atoms with E-state index in [0.29, 0.717) is 17.1 Å². The Hall–Kier alpha value is -3.29. The Morgan fingerprint density at radius 2 is 1.77 bits per heavy atom. The van der Waals surface area contributed by atoms with Crippen molar-refractivity contribution in [3.63, 3.8) is 0 Å². The number of carbonyl (C=O) groups is 1. The first kappa shape index (κ1) is 17.5. The zero-order chi connectivity index (χ0) is 18.6. The van der Waals surface area contributed by atoms with Gasteiger partial charge in [0.1, 0.15) is 5.75 Å². The summed E-state index contributed by atoms with van der Waals surface area (Å²) < 4.78 is 45.3. The molecule has 26 heavy (non-hydrogen) atoms. The maximum atomic E-state index is 12.1. The first-order valence-electron chi connectivity index (χ1n) is 7.56. The third-order valence-corrected chi connectivity index (χ3v) is 3.33. The molecule has 0 spiro atoms. The molecule has 0 fully saturated rings. The van der Waals surface area contributed by atoms with E-state index in [1.54, 1.807) is 6.07 Å². The highest BCUT2D eigenvalue weighted by molar-refractivity contribution is 5.92. The lowest BCUT2D eigenvalue weighted by molar-refractivity contribution is -0.274. The highest BCUT2D eigenvalue weighted by Gasteiger charge is 2.30. The summed E-state index contributed by atoms with van der Waals surface area (Å²) in [4.78, 5) is 12.0. The van der Waals surface area contributed by atoms with Crippen LogP contribution in [0.3, 0.4) is 0 Å². The van der Waals surface area contributed by atoms with E-state index in [-0.39, 0.29) is 18.1 Å². The number of nitrogens with one attached hydrogen (secondary N) is 1. The lowest BCUT2D eigenvalue weighted by Crippen LogP contribution is -2.17. The van der Waals surface area contributed by atoms with E-state index in [9.17, 15) is 18.0 Å². The minimum Gasteiger partial charge on any atom is -0.406 e. The Balaban J connectivity index is 1.58. The van der Waals surface area contributed by atoms with Crippen LogP contribution < -0.4 is 10.1 Å². The molecule has 1 heterocycles. The van der Waals surface area contributed by atoms with E-state index < -0.39 is 6.36 Å². The number of halogens is 3. The quantitative estimate of drug-likeness (QED) is 0.730. The minimum atomic E-state index is -4.76. The molecule has 0 saturated carbocycles. The largest absolute Gasteiger partial charge is 0.573 e. The lowest BCUT2D eigenvalue weighted by atomic mass is 10.1. The van der Waals surface area contributed by atoms with Crippen LogP contribution in [0.15, 0.2) is 65.2 Å². The lowest BCUT2D eigenvalue weighted by Gasteiger charge is -2.09. The molecule has 0 aliphatic rings. The third-order valence-electron chi connectivity index (χ3n) is 3.33. The van der Waals surface area contributed by atoms with Gasteiger partial charge >= 0.3 is 6.36 Å². The zero-order valence-electron chi connectivity index (χ0n) is 13.3. The van der Waals surface area contributed by atoms with Gasteiger partial charge in [-0.3, -0.25) is 4.79 Å². The number of ether oxygens (including phenoxy) is 1. The molecular weight excluding hydrogens is 349 g/mol. The summed E-state index contributed by atoms with van der Waals surface area (Å²) in [6.07, 6.45) is -4.79. The summed E-state index contributed by atoms with van der Waals surface area (Å²) in [5, 5.41) is 6.42. The van der Waals surface area contributed by atoms with Gasteiger partial charge in [0.25, 0.3) is 0 Å². The molecule has 1 amide bonds. The SMILES string of the molecule is O=C(Cc1cc(-c2ccccc2)on1)Nc1ccc(OC(F)(F)F)cc1. The normalized spacial score (nSPS) is 11.2. The molecule has 1 N–H and O–H groups in total. The third kappa shape index (κ3) is 4.85. The predicted octanol–water partition coefficient (Wildman–Crippen LogP) is 4.42. The minimum absolute atomic E-state index is 0.0306. The van der Waals surface area contributed by atoms with Gasteiger partial charge in [-0.1, -0.05) is 35.5 Å². The number of aromatic nitrogens is 1. The fourth-order valence-electron chi connectivity index (χ4n) is 2.24. The first-order valence-corrected chi connectivity index (χ1v) is 7.56. The highest BCUT2D eigenvalue weighted by atomic mass is 19.4. The number of hydrogen-bond donors (Lipinski definition) is 1. The van der Waals surface area contributed by atoms with Gasteiger partial charge in [0, 0.05) is 17.3 Å². The summed E-state index contributed by atoms with van der Waals surface area (Å²) in [5.74, 6) is -0.191. The molecule has 3 aromatic rings. The molecule has 5 nitrogen and oxygen atoms in total. The first-order chi connectivity index (χ1) is 12.4. The molecule has 0 saturated heterocycles. The second-order valence-electron chi connectivity index (χ2n) is 5.35. The summed E-state index contributed by atoms with van der Waals surface area (Å²) in [6.45, 7) is 0. The van der Waals surface area contributed by atoms with E-state index >= 15 is 0 Å². The molecule has 3 rings (SSSR count). The maximum absolute atomic E-state index is 12.1. The molecule has 0 radical (unpaired) electrons. The smallest absolute Gasteiger partial charge is 0.406 e. The number of rotatable bonds is 5. The molecule has 0 unspecified atom stereocenters. The van der Waals surface area contributed by atoms with E-state index in [1.807, 2.05) is 30.3 Å². The van der Waals surface area contributed by atoms with Crippen LogP contribution in [-0.2, 0) is 11.2 Å². The Kier molecular flexibility index (Phi) is 4.92. The molecule has 0 aliphatic carbocycles. The van der Waals surface area contributed by atoms with Gasteiger partial charge in [0.2, 0.25) is 5.91 Å². The van der Waals surface area contributed by atoms with Gasteiger partial charge in [0.05, 0.1) is 12.1 Å². The van der Waals surface area contributed by atoms with E-state index in [1.165, 1.54) is 12.1 Å². The van der Waals surface area contributed by atoms with Gasteiger partial charge < -0.3 is 14.6 Å². The number of anilines is 1. The van der Waals surface area contributed by atoms with Gasteiger partial charge in [-0.25, -0.2) is 0 Å². The van der Waals surface area contributed by atoms with Gasteiger partial charge in [-0.2, -0.15) is 0 Å². The summed E-state index contributed by atoms with van der Waals surface area (Å²) in [7, 11) is 0. The van der Waals surface area contributed by atoms with Crippen molar-refractivity contribution in [2.24, 2.45) is 0 Å². The van der Waals surface area contributed by atoms with Gasteiger partial charge in [0.15, 0.2) is 5.76 Å². The van der Waals surface area contributed by atoms with Crippen molar-refractivity contribution < 1.29 is 27.2 Å². The fraction of sp³-hybridized carbons (Fsp3) is 0.111. The Morgan fingerprint density at radius 3 is 2.42 bits per heavy atom. The number of carbonyl (C=O) groups excluding carboxylic acids is 1. The predicted molar refractivity (Wildman–Crippen MR) is 87.4 cm³/mol. The molecule has 134 valence electrons. The zero-order valence-corrected chi connectivity index (χ0v) is 13.3. The average molecular weight is 362 g/mol. The van der Waals surface area contributed by atoms with Crippen LogP contribution in [0, 0.1) is 0 Å². The van der Waals surface area contributed by atoms with Crippen molar-refractivity contribution >= 4 is 11.6 Å². The number of nitrogens with zero attached hydrogens (tertiary/aromatic N) is 1. The van der Waals surface area contributed by atoms with Crippen molar-refractivity contribution in [1.29, 1.82) is 0 Å². The van der Waals surface area contributed by atoms with E-state index in [4.69, 9.17) is 4.52 Å². The van der Waals surface area contributed by atoms with Crippen molar-refractivity contribution in [2.75, 3.05) is 5.32 Å².